The van der Waals surface area contributed by atoms with E-state index in [9.17, 15) is 17.6 Å². The fraction of sp³-hybridized carbons (Fsp3) is 0.214. The summed E-state index contributed by atoms with van der Waals surface area (Å²) in [5, 5.41) is 2.36. The summed E-state index contributed by atoms with van der Waals surface area (Å²) in [6, 6.07) is 9.50. The van der Waals surface area contributed by atoms with Gasteiger partial charge in [0.15, 0.2) is 0 Å². The molecule has 2 aromatic rings. The summed E-state index contributed by atoms with van der Waals surface area (Å²) >= 11 is 0. The van der Waals surface area contributed by atoms with Crippen LogP contribution in [0.1, 0.15) is 12.0 Å². The summed E-state index contributed by atoms with van der Waals surface area (Å²) in [6.45, 7) is 0.186. The minimum Gasteiger partial charge on any atom is -0.380 e. The van der Waals surface area contributed by atoms with E-state index in [-0.39, 0.29) is 6.54 Å². The maximum absolute atomic E-state index is 13.3. The van der Waals surface area contributed by atoms with Crippen LogP contribution in [0.4, 0.5) is 23.2 Å². The van der Waals surface area contributed by atoms with Crippen molar-refractivity contribution < 1.29 is 17.6 Å². The number of aryl methyl sites for hydroxylation is 1. The predicted octanol–water partition coefficient (Wildman–Crippen LogP) is 3.68. The number of halogens is 4. The fourth-order valence-electron chi connectivity index (χ4n) is 1.79. The predicted molar refractivity (Wildman–Crippen MR) is 67.3 cm³/mol. The van der Waals surface area contributed by atoms with Gasteiger partial charge in [-0.3, -0.25) is 0 Å². The molecular formula is C14H12F4N2. The summed E-state index contributed by atoms with van der Waals surface area (Å²) < 4.78 is 52.3. The molecule has 0 radical (unpaired) electrons. The Morgan fingerprint density at radius 1 is 0.900 bits per heavy atom. The molecule has 1 aromatic carbocycles. The Kier molecular flexibility index (Phi) is 4.55. The fourth-order valence-corrected chi connectivity index (χ4v) is 1.79. The largest absolute Gasteiger partial charge is 0.380 e. The summed E-state index contributed by atoms with van der Waals surface area (Å²) in [4.78, 5) is 2.49. The first kappa shape index (κ1) is 14.3. The Morgan fingerprint density at radius 2 is 1.50 bits per heavy atom. The van der Waals surface area contributed by atoms with E-state index in [1.165, 1.54) is 0 Å². The Balaban J connectivity index is 1.95. The number of rotatable bonds is 5. The first-order chi connectivity index (χ1) is 9.59. The lowest BCUT2D eigenvalue weighted by molar-refractivity contribution is 0.410. The lowest BCUT2D eigenvalue weighted by Crippen LogP contribution is -2.11. The molecule has 0 bridgehead atoms. The molecule has 0 unspecified atom stereocenters. The SMILES string of the molecule is Fc1nc(F)c(F)c(NCCCc2ccccc2)c1F. The van der Waals surface area contributed by atoms with E-state index in [4.69, 9.17) is 0 Å². The van der Waals surface area contributed by atoms with Crippen LogP contribution >= 0.6 is 0 Å². The highest BCUT2D eigenvalue weighted by atomic mass is 19.2. The van der Waals surface area contributed by atoms with E-state index in [0.29, 0.717) is 12.8 Å². The molecule has 0 atom stereocenters. The van der Waals surface area contributed by atoms with Gasteiger partial charge >= 0.3 is 0 Å². The maximum atomic E-state index is 13.3. The van der Waals surface area contributed by atoms with Crippen LogP contribution in [0.5, 0.6) is 0 Å². The molecule has 20 heavy (non-hydrogen) atoms. The van der Waals surface area contributed by atoms with Crippen molar-refractivity contribution in [3.8, 4) is 0 Å². The van der Waals surface area contributed by atoms with Gasteiger partial charge in [-0.1, -0.05) is 30.3 Å². The molecule has 0 aliphatic rings. The lowest BCUT2D eigenvalue weighted by atomic mass is 10.1. The molecule has 0 saturated heterocycles. The van der Waals surface area contributed by atoms with Crippen molar-refractivity contribution in [2.45, 2.75) is 12.8 Å². The molecule has 6 heteroatoms. The number of anilines is 1. The van der Waals surface area contributed by atoms with Crippen molar-refractivity contribution in [2.75, 3.05) is 11.9 Å². The van der Waals surface area contributed by atoms with Crippen molar-refractivity contribution in [1.29, 1.82) is 0 Å². The first-order valence-electron chi connectivity index (χ1n) is 6.07. The molecule has 0 aliphatic carbocycles. The Labute approximate surface area is 113 Å². The number of hydrogen-bond acceptors (Lipinski definition) is 2. The summed E-state index contributed by atoms with van der Waals surface area (Å²) in [6.07, 6.45) is 1.25. The molecule has 2 rings (SSSR count). The van der Waals surface area contributed by atoms with Gasteiger partial charge in [0, 0.05) is 6.54 Å². The summed E-state index contributed by atoms with van der Waals surface area (Å²) in [7, 11) is 0. The molecule has 2 nitrogen and oxygen atoms in total. The molecule has 106 valence electrons. The zero-order valence-corrected chi connectivity index (χ0v) is 10.5. The second-order valence-corrected chi connectivity index (χ2v) is 4.21. The monoisotopic (exact) mass is 284 g/mol. The van der Waals surface area contributed by atoms with Crippen LogP contribution in [0, 0.1) is 23.5 Å². The average Bonchev–Trinajstić information content (AvgIpc) is 2.45. The van der Waals surface area contributed by atoms with Crippen LogP contribution in [0.25, 0.3) is 0 Å². The van der Waals surface area contributed by atoms with E-state index in [2.05, 4.69) is 10.3 Å². The van der Waals surface area contributed by atoms with E-state index in [1.54, 1.807) is 0 Å². The molecule has 1 N–H and O–H groups in total. The third-order valence-electron chi connectivity index (χ3n) is 2.78. The Morgan fingerprint density at radius 3 is 2.10 bits per heavy atom. The van der Waals surface area contributed by atoms with Crippen molar-refractivity contribution in [2.24, 2.45) is 0 Å². The molecular weight excluding hydrogens is 272 g/mol. The molecule has 0 aliphatic heterocycles. The third-order valence-corrected chi connectivity index (χ3v) is 2.78. The Hall–Kier alpha value is -2.11. The van der Waals surface area contributed by atoms with E-state index >= 15 is 0 Å². The Bertz CT molecular complexity index is 561. The smallest absolute Gasteiger partial charge is 0.253 e. The van der Waals surface area contributed by atoms with E-state index < -0.39 is 29.2 Å². The van der Waals surface area contributed by atoms with Crippen molar-refractivity contribution in [3.63, 3.8) is 0 Å². The molecule has 1 heterocycles. The zero-order valence-electron chi connectivity index (χ0n) is 10.5. The quantitative estimate of drug-likeness (QED) is 0.514. The topological polar surface area (TPSA) is 24.9 Å². The number of nitrogens with one attached hydrogen (secondary N) is 1. The van der Waals surface area contributed by atoms with E-state index in [0.717, 1.165) is 5.56 Å². The highest BCUT2D eigenvalue weighted by Gasteiger charge is 2.20. The molecule has 0 amide bonds. The number of pyridine rings is 1. The summed E-state index contributed by atoms with van der Waals surface area (Å²) in [5.41, 5.74) is 0.255. The number of nitrogens with zero attached hydrogens (tertiary/aromatic N) is 1. The van der Waals surface area contributed by atoms with E-state index in [1.807, 2.05) is 30.3 Å². The van der Waals surface area contributed by atoms with Crippen molar-refractivity contribution in [3.05, 3.63) is 59.4 Å². The average molecular weight is 284 g/mol. The highest BCUT2D eigenvalue weighted by Crippen LogP contribution is 2.21. The van der Waals surface area contributed by atoms with Gasteiger partial charge in [-0.25, -0.2) is 0 Å². The third kappa shape index (κ3) is 3.26. The number of hydrogen-bond donors (Lipinski definition) is 1. The van der Waals surface area contributed by atoms with Crippen molar-refractivity contribution in [1.82, 2.24) is 4.98 Å². The van der Waals surface area contributed by atoms with Crippen LogP contribution in [0.2, 0.25) is 0 Å². The molecule has 1 aromatic heterocycles. The van der Waals surface area contributed by atoms with Crippen LogP contribution in [0.15, 0.2) is 30.3 Å². The molecule has 0 fully saturated rings. The second-order valence-electron chi connectivity index (χ2n) is 4.21. The van der Waals surface area contributed by atoms with Gasteiger partial charge in [0.2, 0.25) is 11.6 Å². The normalized spacial score (nSPS) is 10.6. The number of aromatic nitrogens is 1. The molecule has 0 spiro atoms. The zero-order chi connectivity index (χ0) is 14.5. The highest BCUT2D eigenvalue weighted by molar-refractivity contribution is 5.45. The standard InChI is InChI=1S/C14H12F4N2/c15-10-12(11(16)14(18)20-13(10)17)19-8-4-7-9-5-2-1-3-6-9/h1-3,5-6H,4,7-8H2,(H,19,20). The summed E-state index contributed by atoms with van der Waals surface area (Å²) in [5.74, 6) is -6.34. The van der Waals surface area contributed by atoms with Gasteiger partial charge in [0.25, 0.3) is 11.9 Å². The van der Waals surface area contributed by atoms with Crippen LogP contribution in [0.3, 0.4) is 0 Å². The molecule has 0 saturated carbocycles. The van der Waals surface area contributed by atoms with Gasteiger partial charge in [0.05, 0.1) is 0 Å². The van der Waals surface area contributed by atoms with Crippen LogP contribution in [-0.4, -0.2) is 11.5 Å². The maximum Gasteiger partial charge on any atom is 0.253 e. The minimum absolute atomic E-state index is 0.186. The van der Waals surface area contributed by atoms with Crippen molar-refractivity contribution >= 4 is 5.69 Å². The van der Waals surface area contributed by atoms with Crippen LogP contribution in [-0.2, 0) is 6.42 Å². The second kappa shape index (κ2) is 6.36. The lowest BCUT2D eigenvalue weighted by Gasteiger charge is -2.09. The minimum atomic E-state index is -1.66. The van der Waals surface area contributed by atoms with Gasteiger partial charge in [-0.05, 0) is 18.4 Å². The van der Waals surface area contributed by atoms with Crippen LogP contribution < -0.4 is 5.32 Å². The van der Waals surface area contributed by atoms with Gasteiger partial charge in [-0.15, -0.1) is 0 Å². The van der Waals surface area contributed by atoms with Gasteiger partial charge in [-0.2, -0.15) is 22.5 Å². The van der Waals surface area contributed by atoms with Gasteiger partial charge < -0.3 is 5.32 Å². The number of benzene rings is 1. The first-order valence-corrected chi connectivity index (χ1v) is 6.07. The van der Waals surface area contributed by atoms with Gasteiger partial charge in [0.1, 0.15) is 5.69 Å².